The third kappa shape index (κ3) is 3.62. The van der Waals surface area contributed by atoms with Crippen molar-refractivity contribution < 1.29 is 9.53 Å². The lowest BCUT2D eigenvalue weighted by Crippen LogP contribution is -2.56. The minimum Gasteiger partial charge on any atom is -0.385 e. The van der Waals surface area contributed by atoms with Crippen LogP contribution in [-0.4, -0.2) is 65.1 Å². The number of aromatic nitrogens is 2. The van der Waals surface area contributed by atoms with Crippen LogP contribution in [0, 0.1) is 5.92 Å². The molecule has 6 nitrogen and oxygen atoms in total. The second kappa shape index (κ2) is 7.76. The Kier molecular flexibility index (Phi) is 5.22. The zero-order valence-corrected chi connectivity index (χ0v) is 15.5. The lowest BCUT2D eigenvalue weighted by Gasteiger charge is -2.47. The van der Waals surface area contributed by atoms with Gasteiger partial charge in [0.2, 0.25) is 5.91 Å². The summed E-state index contributed by atoms with van der Waals surface area (Å²) in [5.41, 5.74) is 2.13. The van der Waals surface area contributed by atoms with Crippen LogP contribution in [0.2, 0.25) is 0 Å². The molecule has 0 bridgehead atoms. The summed E-state index contributed by atoms with van der Waals surface area (Å²) in [5, 5.41) is 0. The van der Waals surface area contributed by atoms with E-state index in [1.807, 2.05) is 18.2 Å². The maximum atomic E-state index is 12.4. The molecular formula is C20H28N4O2. The van der Waals surface area contributed by atoms with Gasteiger partial charge in [0.25, 0.3) is 0 Å². The molecular weight excluding hydrogens is 328 g/mol. The number of rotatable bonds is 6. The molecule has 0 unspecified atom stereocenters. The highest BCUT2D eigenvalue weighted by atomic mass is 16.5. The van der Waals surface area contributed by atoms with Gasteiger partial charge in [-0.3, -0.25) is 9.69 Å². The first-order valence-electron chi connectivity index (χ1n) is 9.69. The number of amides is 1. The van der Waals surface area contributed by atoms with E-state index in [9.17, 15) is 4.79 Å². The second-order valence-corrected chi connectivity index (χ2v) is 7.52. The molecule has 1 N–H and O–H groups in total. The van der Waals surface area contributed by atoms with Gasteiger partial charge in [-0.2, -0.15) is 0 Å². The molecule has 2 atom stereocenters. The van der Waals surface area contributed by atoms with Gasteiger partial charge in [0, 0.05) is 45.8 Å². The first kappa shape index (κ1) is 17.5. The second-order valence-electron chi connectivity index (χ2n) is 7.52. The fourth-order valence-electron chi connectivity index (χ4n) is 4.53. The molecule has 0 saturated carbocycles. The Morgan fingerprint density at radius 1 is 1.31 bits per heavy atom. The number of carbonyl (C=O) groups is 1. The monoisotopic (exact) mass is 356 g/mol. The number of imidazole rings is 1. The number of nitrogens with one attached hydrogen (secondary N) is 1. The number of piperidine rings is 2. The molecule has 2 aliphatic rings. The van der Waals surface area contributed by atoms with Crippen LogP contribution in [0.4, 0.5) is 0 Å². The maximum Gasteiger partial charge on any atom is 0.222 e. The number of aromatic amines is 1. The van der Waals surface area contributed by atoms with E-state index in [1.165, 1.54) is 0 Å². The third-order valence-corrected chi connectivity index (χ3v) is 5.79. The molecule has 0 radical (unpaired) electrons. The van der Waals surface area contributed by atoms with Crippen molar-refractivity contribution in [1.82, 2.24) is 19.8 Å². The molecule has 1 aromatic carbocycles. The van der Waals surface area contributed by atoms with Crippen molar-refractivity contribution in [2.75, 3.05) is 33.4 Å². The number of carbonyl (C=O) groups excluding carboxylic acids is 1. The molecule has 0 spiro atoms. The van der Waals surface area contributed by atoms with Crippen molar-refractivity contribution in [3.63, 3.8) is 0 Å². The summed E-state index contributed by atoms with van der Waals surface area (Å²) in [7, 11) is 1.72. The molecule has 6 heteroatoms. The summed E-state index contributed by atoms with van der Waals surface area (Å²) in [4.78, 5) is 25.1. The minimum absolute atomic E-state index is 0.327. The zero-order valence-electron chi connectivity index (χ0n) is 15.5. The molecule has 0 aliphatic carbocycles. The van der Waals surface area contributed by atoms with Gasteiger partial charge in [-0.15, -0.1) is 0 Å². The zero-order chi connectivity index (χ0) is 17.9. The van der Waals surface area contributed by atoms with Crippen molar-refractivity contribution in [1.29, 1.82) is 0 Å². The maximum absolute atomic E-state index is 12.4. The molecule has 2 fully saturated rings. The molecule has 2 saturated heterocycles. The van der Waals surface area contributed by atoms with E-state index in [0.29, 0.717) is 24.3 Å². The van der Waals surface area contributed by atoms with Crippen molar-refractivity contribution in [3.05, 3.63) is 30.1 Å². The van der Waals surface area contributed by atoms with Crippen LogP contribution >= 0.6 is 0 Å². The van der Waals surface area contributed by atoms with Gasteiger partial charge in [-0.1, -0.05) is 12.1 Å². The Balaban J connectivity index is 1.38. The number of ether oxygens (including phenoxy) is 1. The topological polar surface area (TPSA) is 61.5 Å². The van der Waals surface area contributed by atoms with Crippen molar-refractivity contribution in [2.45, 2.75) is 38.3 Å². The highest BCUT2D eigenvalue weighted by molar-refractivity contribution is 5.77. The number of nitrogens with zero attached hydrogens (tertiary/aromatic N) is 3. The number of hydrogen-bond donors (Lipinski definition) is 1. The highest BCUT2D eigenvalue weighted by Crippen LogP contribution is 2.32. The van der Waals surface area contributed by atoms with Crippen molar-refractivity contribution in [3.8, 4) is 0 Å². The number of H-pyrrole nitrogens is 1. The van der Waals surface area contributed by atoms with Gasteiger partial charge in [0.15, 0.2) is 0 Å². The van der Waals surface area contributed by atoms with Crippen LogP contribution in [0.15, 0.2) is 24.3 Å². The van der Waals surface area contributed by atoms with E-state index in [2.05, 4.69) is 20.9 Å². The van der Waals surface area contributed by atoms with Crippen LogP contribution in [0.5, 0.6) is 0 Å². The van der Waals surface area contributed by atoms with Gasteiger partial charge in [0.1, 0.15) is 5.82 Å². The van der Waals surface area contributed by atoms with Crippen molar-refractivity contribution in [2.24, 2.45) is 5.92 Å². The van der Waals surface area contributed by atoms with E-state index in [-0.39, 0.29) is 0 Å². The summed E-state index contributed by atoms with van der Waals surface area (Å²) in [5.74, 6) is 1.94. The van der Waals surface area contributed by atoms with E-state index in [0.717, 1.165) is 68.9 Å². The fraction of sp³-hybridized carbons (Fsp3) is 0.600. The first-order chi connectivity index (χ1) is 12.7. The SMILES string of the molecule is COCCCN1C(=O)CC[C@H]2CN(Cc3nc4ccccc4[nH]3)CC[C@H]21. The lowest BCUT2D eigenvalue weighted by atomic mass is 9.83. The van der Waals surface area contributed by atoms with Crippen LogP contribution in [0.3, 0.4) is 0 Å². The molecule has 140 valence electrons. The molecule has 2 aliphatic heterocycles. The summed E-state index contributed by atoms with van der Waals surface area (Å²) >= 11 is 0. The summed E-state index contributed by atoms with van der Waals surface area (Å²) in [6, 6.07) is 8.58. The van der Waals surface area contributed by atoms with E-state index >= 15 is 0 Å². The number of fused-ring (bicyclic) bond motifs is 2. The Hall–Kier alpha value is -1.92. The van der Waals surface area contributed by atoms with Crippen LogP contribution in [0.25, 0.3) is 11.0 Å². The molecule has 1 aromatic heterocycles. The van der Waals surface area contributed by atoms with Crippen LogP contribution < -0.4 is 0 Å². The summed E-state index contributed by atoms with van der Waals surface area (Å²) in [6.07, 6.45) is 3.69. The number of methoxy groups -OCH3 is 1. The number of para-hydroxylation sites is 2. The fourth-order valence-corrected chi connectivity index (χ4v) is 4.53. The lowest BCUT2D eigenvalue weighted by molar-refractivity contribution is -0.141. The van der Waals surface area contributed by atoms with Gasteiger partial charge in [-0.05, 0) is 37.3 Å². The van der Waals surface area contributed by atoms with E-state index in [4.69, 9.17) is 9.72 Å². The molecule has 2 aromatic rings. The largest absolute Gasteiger partial charge is 0.385 e. The Morgan fingerprint density at radius 3 is 3.04 bits per heavy atom. The number of likely N-dealkylation sites (tertiary alicyclic amines) is 2. The molecule has 3 heterocycles. The Labute approximate surface area is 154 Å². The average molecular weight is 356 g/mol. The quantitative estimate of drug-likeness (QED) is 0.808. The van der Waals surface area contributed by atoms with Crippen LogP contribution in [-0.2, 0) is 16.1 Å². The summed E-state index contributed by atoms with van der Waals surface area (Å²) < 4.78 is 5.16. The molecule has 26 heavy (non-hydrogen) atoms. The number of benzene rings is 1. The molecule has 4 rings (SSSR count). The Morgan fingerprint density at radius 2 is 2.19 bits per heavy atom. The predicted molar refractivity (Wildman–Crippen MR) is 101 cm³/mol. The van der Waals surface area contributed by atoms with Gasteiger partial charge < -0.3 is 14.6 Å². The standard InChI is InChI=1S/C20H28N4O2/c1-26-12-4-10-24-18-9-11-23(13-15(18)7-8-20(24)25)14-19-21-16-5-2-3-6-17(16)22-19/h2-3,5-6,15,18H,4,7-14H2,1H3,(H,21,22)/t15-,18+/m0/s1. The first-order valence-corrected chi connectivity index (χ1v) is 9.69. The molecule has 1 amide bonds. The van der Waals surface area contributed by atoms with Crippen molar-refractivity contribution >= 4 is 16.9 Å². The predicted octanol–water partition coefficient (Wildman–Crippen LogP) is 2.41. The number of hydrogen-bond acceptors (Lipinski definition) is 4. The van der Waals surface area contributed by atoms with E-state index in [1.54, 1.807) is 7.11 Å². The van der Waals surface area contributed by atoms with Gasteiger partial charge in [-0.25, -0.2) is 4.98 Å². The highest BCUT2D eigenvalue weighted by Gasteiger charge is 2.38. The average Bonchev–Trinajstić information content (AvgIpc) is 3.06. The smallest absolute Gasteiger partial charge is 0.222 e. The van der Waals surface area contributed by atoms with Gasteiger partial charge >= 0.3 is 0 Å². The van der Waals surface area contributed by atoms with E-state index < -0.39 is 0 Å². The summed E-state index contributed by atoms with van der Waals surface area (Å²) in [6.45, 7) is 4.48. The third-order valence-electron chi connectivity index (χ3n) is 5.79. The van der Waals surface area contributed by atoms with Crippen LogP contribution in [0.1, 0.15) is 31.5 Å². The normalized spacial score (nSPS) is 24.2. The minimum atomic E-state index is 0.327. The van der Waals surface area contributed by atoms with Gasteiger partial charge in [0.05, 0.1) is 17.6 Å². The Bertz CT molecular complexity index is 726.